The monoisotopic (exact) mass is 844 g/mol. The zero-order valence-electron chi connectivity index (χ0n) is 28.6. The van der Waals surface area contributed by atoms with Gasteiger partial charge in [0.15, 0.2) is 5.78 Å². The Bertz CT molecular complexity index is 2080. The van der Waals surface area contributed by atoms with Crippen LogP contribution in [0.3, 0.4) is 0 Å². The molecule has 49 heavy (non-hydrogen) atoms. The van der Waals surface area contributed by atoms with E-state index in [1.807, 2.05) is 57.5 Å². The van der Waals surface area contributed by atoms with Crippen LogP contribution in [0.5, 0.6) is 0 Å². The molecular formula is C43H43IrN2O2S-. The van der Waals surface area contributed by atoms with Crippen molar-refractivity contribution in [1.29, 1.82) is 0 Å². The first-order chi connectivity index (χ1) is 23.5. The van der Waals surface area contributed by atoms with Gasteiger partial charge in [0.05, 0.1) is 11.5 Å². The molecule has 3 aromatic heterocycles. The first-order valence-electron chi connectivity index (χ1n) is 17.3. The van der Waals surface area contributed by atoms with Gasteiger partial charge < -0.3 is 5.11 Å². The number of allylic oxidation sites excluding steroid dienone is 2. The molecule has 0 spiro atoms. The average Bonchev–Trinajstić information content (AvgIpc) is 3.52. The second kappa shape index (κ2) is 16.6. The molecule has 6 heteroatoms. The van der Waals surface area contributed by atoms with Crippen LogP contribution in [0.25, 0.3) is 54.5 Å². The van der Waals surface area contributed by atoms with Crippen molar-refractivity contribution in [1.82, 2.24) is 9.97 Å². The smallest absolute Gasteiger partial charge is 0.162 e. The number of carbonyl (C=O) groups excluding carboxylic acids is 1. The van der Waals surface area contributed by atoms with Crippen molar-refractivity contribution in [3.05, 3.63) is 120 Å². The van der Waals surface area contributed by atoms with Crippen molar-refractivity contribution in [3.63, 3.8) is 0 Å². The number of rotatable bonds is 9. The van der Waals surface area contributed by atoms with Gasteiger partial charge in [-0.05, 0) is 67.2 Å². The molecule has 3 heterocycles. The number of carbonyl (C=O) groups is 1. The van der Waals surface area contributed by atoms with Gasteiger partial charge in [0, 0.05) is 71.2 Å². The minimum absolute atomic E-state index is 0. The molecule has 253 valence electrons. The molecule has 0 amide bonds. The maximum atomic E-state index is 11.7. The molecule has 7 rings (SSSR count). The van der Waals surface area contributed by atoms with E-state index in [1.54, 1.807) is 0 Å². The zero-order valence-corrected chi connectivity index (χ0v) is 31.8. The predicted octanol–water partition coefficient (Wildman–Crippen LogP) is 11.6. The molecule has 0 saturated carbocycles. The molecule has 1 N–H and O–H groups in total. The van der Waals surface area contributed by atoms with Gasteiger partial charge >= 0.3 is 0 Å². The van der Waals surface area contributed by atoms with Gasteiger partial charge in [-0.3, -0.25) is 14.8 Å². The van der Waals surface area contributed by atoms with Crippen molar-refractivity contribution in [2.75, 3.05) is 0 Å². The van der Waals surface area contributed by atoms with Crippen LogP contribution in [0.15, 0.2) is 103 Å². The fraction of sp³-hybridized carbons (Fsp3) is 0.279. The largest absolute Gasteiger partial charge is 0.512 e. The Morgan fingerprint density at radius 1 is 0.816 bits per heavy atom. The summed E-state index contributed by atoms with van der Waals surface area (Å²) >= 11 is 1.87. The van der Waals surface area contributed by atoms with Crippen molar-refractivity contribution in [2.24, 2.45) is 11.8 Å². The van der Waals surface area contributed by atoms with E-state index in [4.69, 9.17) is 9.97 Å². The molecule has 0 atom stereocenters. The molecule has 0 fully saturated rings. The summed E-state index contributed by atoms with van der Waals surface area (Å²) in [6, 6.07) is 31.4. The molecule has 1 radical (unpaired) electrons. The molecule has 0 aliphatic heterocycles. The van der Waals surface area contributed by atoms with Gasteiger partial charge in [0.1, 0.15) is 0 Å². The number of aryl methyl sites for hydroxylation is 2. The third-order valence-corrected chi connectivity index (χ3v) is 10.9. The quantitative estimate of drug-likeness (QED) is 0.0895. The molecule has 4 nitrogen and oxygen atoms in total. The van der Waals surface area contributed by atoms with E-state index in [2.05, 4.69) is 78.9 Å². The molecule has 1 aliphatic rings. The first kappa shape index (κ1) is 36.3. The van der Waals surface area contributed by atoms with E-state index in [0.717, 1.165) is 60.9 Å². The van der Waals surface area contributed by atoms with E-state index in [9.17, 15) is 9.90 Å². The zero-order chi connectivity index (χ0) is 33.6. The van der Waals surface area contributed by atoms with E-state index >= 15 is 0 Å². The number of hydrogen-bond donors (Lipinski definition) is 1. The van der Waals surface area contributed by atoms with E-state index in [1.165, 1.54) is 48.7 Å². The van der Waals surface area contributed by atoms with Crippen molar-refractivity contribution in [2.45, 2.75) is 66.2 Å². The standard InChI is InChI=1S/C30H19N2S.C13H24O2.Ir/c1-2-7-19(8-3-1)25-18-22(17-21-9-4-5-11-23(21)25)29-30-24(14-16-32-29)27-26(33-30)13-12-20-10-6-15-31-28(20)27;1-5-10(6-2)12(14)9-13(15)11(7-3)8-4;/h1-11,14-16,18H,12-13H2;9-11,14H,5-8H2,1-4H3;/q-1;;/b;12-9-;. The summed E-state index contributed by atoms with van der Waals surface area (Å²) in [4.78, 5) is 22.8. The van der Waals surface area contributed by atoms with Crippen LogP contribution in [-0.4, -0.2) is 20.9 Å². The molecule has 0 bridgehead atoms. The number of fused-ring (bicyclic) bond motifs is 6. The Labute approximate surface area is 307 Å². The Balaban J connectivity index is 0.000000252. The van der Waals surface area contributed by atoms with Gasteiger partial charge in [-0.1, -0.05) is 98.8 Å². The third kappa shape index (κ3) is 7.62. The number of hydrogen-bond acceptors (Lipinski definition) is 5. The number of aromatic nitrogens is 2. The van der Waals surface area contributed by atoms with Crippen LogP contribution < -0.4 is 0 Å². The summed E-state index contributed by atoms with van der Waals surface area (Å²) in [6.07, 6.45) is 10.9. The van der Waals surface area contributed by atoms with Crippen molar-refractivity contribution >= 4 is 38.0 Å². The average molecular weight is 844 g/mol. The first-order valence-corrected chi connectivity index (χ1v) is 18.1. The molecule has 1 aliphatic carbocycles. The van der Waals surface area contributed by atoms with Crippen molar-refractivity contribution in [3.8, 4) is 33.6 Å². The normalized spacial score (nSPS) is 12.3. The molecule has 0 unspecified atom stereocenters. The summed E-state index contributed by atoms with van der Waals surface area (Å²) in [5, 5.41) is 13.3. The van der Waals surface area contributed by atoms with Gasteiger partial charge in [0.25, 0.3) is 0 Å². The topological polar surface area (TPSA) is 63.1 Å². The third-order valence-electron chi connectivity index (χ3n) is 9.62. The fourth-order valence-corrected chi connectivity index (χ4v) is 8.11. The molecular weight excluding hydrogens is 801 g/mol. The number of benzene rings is 3. The van der Waals surface area contributed by atoms with Crippen LogP contribution in [0.2, 0.25) is 0 Å². The SMILES string of the molecule is CCC(CC)C(=O)/C=C(\O)C(CC)CC.[Ir].[c-]1c(-c2nccc3c4c(sc23)CCc2cccnc2-4)cc(-c2ccccc2)c2ccccc12. The van der Waals surface area contributed by atoms with Gasteiger partial charge in [-0.15, -0.1) is 34.9 Å². The number of aliphatic hydroxyl groups excluding tert-OH is 1. The second-order valence-corrected chi connectivity index (χ2v) is 13.6. The summed E-state index contributed by atoms with van der Waals surface area (Å²) in [5.41, 5.74) is 8.24. The Kier molecular flexibility index (Phi) is 12.3. The summed E-state index contributed by atoms with van der Waals surface area (Å²) in [6.45, 7) is 8.07. The van der Waals surface area contributed by atoms with Crippen LogP contribution in [0, 0.1) is 17.9 Å². The Hall–Kier alpha value is -3.96. The maximum Gasteiger partial charge on any atom is 0.162 e. The summed E-state index contributed by atoms with van der Waals surface area (Å²) in [5.74, 6) is 0.547. The van der Waals surface area contributed by atoms with E-state index in [-0.39, 0.29) is 43.5 Å². The van der Waals surface area contributed by atoms with Crippen LogP contribution >= 0.6 is 11.3 Å². The van der Waals surface area contributed by atoms with Crippen molar-refractivity contribution < 1.29 is 30.0 Å². The number of nitrogens with zero attached hydrogens (tertiary/aromatic N) is 2. The van der Waals surface area contributed by atoms with Gasteiger partial charge in [0.2, 0.25) is 0 Å². The number of aliphatic hydroxyl groups is 1. The predicted molar refractivity (Wildman–Crippen MR) is 201 cm³/mol. The maximum absolute atomic E-state index is 11.7. The van der Waals surface area contributed by atoms with E-state index in [0.29, 0.717) is 0 Å². The van der Waals surface area contributed by atoms with Crippen LogP contribution in [-0.2, 0) is 37.7 Å². The Morgan fingerprint density at radius 2 is 1.51 bits per heavy atom. The minimum atomic E-state index is 0. The molecule has 3 aromatic carbocycles. The summed E-state index contributed by atoms with van der Waals surface area (Å²) in [7, 11) is 0. The van der Waals surface area contributed by atoms with Crippen LogP contribution in [0.1, 0.15) is 63.8 Å². The number of thiophene rings is 1. The molecule has 6 aromatic rings. The second-order valence-electron chi connectivity index (χ2n) is 12.5. The molecule has 0 saturated heterocycles. The summed E-state index contributed by atoms with van der Waals surface area (Å²) < 4.78 is 1.23. The number of ketones is 1. The fourth-order valence-electron chi connectivity index (χ4n) is 6.81. The van der Waals surface area contributed by atoms with E-state index < -0.39 is 0 Å². The minimum Gasteiger partial charge on any atom is -0.512 e. The Morgan fingerprint density at radius 3 is 2.24 bits per heavy atom. The number of pyridine rings is 2. The van der Waals surface area contributed by atoms with Gasteiger partial charge in [-0.25, -0.2) is 0 Å². The van der Waals surface area contributed by atoms with Gasteiger partial charge in [-0.2, -0.15) is 0 Å². The van der Waals surface area contributed by atoms with Crippen LogP contribution in [0.4, 0.5) is 0 Å².